The summed E-state index contributed by atoms with van der Waals surface area (Å²) >= 11 is 0. The lowest BCUT2D eigenvalue weighted by atomic mass is 9.98. The third-order valence-corrected chi connectivity index (χ3v) is 6.36. The zero-order chi connectivity index (χ0) is 21.7. The summed E-state index contributed by atoms with van der Waals surface area (Å²) in [4.78, 5) is 4.38. The highest BCUT2D eigenvalue weighted by atomic mass is 127. The second-order valence-electron chi connectivity index (χ2n) is 8.62. The van der Waals surface area contributed by atoms with E-state index < -0.39 is 0 Å². The van der Waals surface area contributed by atoms with Crippen molar-refractivity contribution < 1.29 is 14.2 Å². The second kappa shape index (κ2) is 15.9. The first-order chi connectivity index (χ1) is 15.3. The molecule has 1 atom stereocenters. The Balaban J connectivity index is 0.00000363. The van der Waals surface area contributed by atoms with Gasteiger partial charge in [0.1, 0.15) is 0 Å². The molecule has 1 aliphatic heterocycles. The summed E-state index contributed by atoms with van der Waals surface area (Å²) in [5.41, 5.74) is 2.44. The molecular formula is C25H42IN3O3. The van der Waals surface area contributed by atoms with Crippen molar-refractivity contribution in [2.75, 3.05) is 33.4 Å². The molecule has 1 aromatic rings. The zero-order valence-electron chi connectivity index (χ0n) is 19.8. The van der Waals surface area contributed by atoms with Crippen LogP contribution >= 0.6 is 24.0 Å². The molecule has 32 heavy (non-hydrogen) atoms. The van der Waals surface area contributed by atoms with Gasteiger partial charge in [-0.2, -0.15) is 0 Å². The van der Waals surface area contributed by atoms with Gasteiger partial charge >= 0.3 is 0 Å². The molecule has 2 aliphatic rings. The Morgan fingerprint density at radius 1 is 1.12 bits per heavy atom. The van der Waals surface area contributed by atoms with Crippen molar-refractivity contribution >= 4 is 29.9 Å². The molecule has 2 N–H and O–H groups in total. The van der Waals surface area contributed by atoms with Crippen LogP contribution in [0.3, 0.4) is 0 Å². The summed E-state index contributed by atoms with van der Waals surface area (Å²) in [5, 5.41) is 6.89. The first-order valence-electron chi connectivity index (χ1n) is 12.1. The summed E-state index contributed by atoms with van der Waals surface area (Å²) in [7, 11) is 1.82. The highest BCUT2D eigenvalue weighted by molar-refractivity contribution is 14.0. The summed E-state index contributed by atoms with van der Waals surface area (Å²) in [6.45, 7) is 6.79. The Labute approximate surface area is 211 Å². The number of hydrogen-bond acceptors (Lipinski definition) is 4. The first kappa shape index (κ1) is 27.3. The minimum Gasteiger partial charge on any atom is -0.381 e. The fourth-order valence-corrected chi connectivity index (χ4v) is 4.62. The van der Waals surface area contributed by atoms with Gasteiger partial charge in [0.25, 0.3) is 0 Å². The molecule has 1 aliphatic carbocycles. The molecule has 182 valence electrons. The molecule has 0 radical (unpaired) electrons. The van der Waals surface area contributed by atoms with E-state index in [9.17, 15) is 0 Å². The van der Waals surface area contributed by atoms with Crippen LogP contribution in [0.2, 0.25) is 0 Å². The van der Waals surface area contributed by atoms with Crippen molar-refractivity contribution in [2.24, 2.45) is 10.9 Å². The van der Waals surface area contributed by atoms with Crippen molar-refractivity contribution in [3.63, 3.8) is 0 Å². The molecular weight excluding hydrogens is 517 g/mol. The van der Waals surface area contributed by atoms with Crippen LogP contribution in [0, 0.1) is 5.92 Å². The lowest BCUT2D eigenvalue weighted by Gasteiger charge is -2.24. The van der Waals surface area contributed by atoms with Crippen molar-refractivity contribution in [1.82, 2.24) is 10.6 Å². The number of benzene rings is 1. The minimum atomic E-state index is 0. The van der Waals surface area contributed by atoms with Crippen LogP contribution in [0.15, 0.2) is 29.3 Å². The smallest absolute Gasteiger partial charge is 0.191 e. The van der Waals surface area contributed by atoms with Crippen LogP contribution in [-0.4, -0.2) is 51.6 Å². The molecule has 2 fully saturated rings. The normalized spacial score (nSPS) is 18.9. The minimum absolute atomic E-state index is 0. The summed E-state index contributed by atoms with van der Waals surface area (Å²) < 4.78 is 17.5. The molecule has 6 nitrogen and oxygen atoms in total. The Morgan fingerprint density at radius 3 is 2.59 bits per heavy atom. The Hall–Kier alpha value is -0.900. The average molecular weight is 560 g/mol. The number of halogens is 1. The lowest BCUT2D eigenvalue weighted by Crippen LogP contribution is -2.39. The predicted octanol–water partition coefficient (Wildman–Crippen LogP) is 4.65. The monoisotopic (exact) mass is 559 g/mol. The average Bonchev–Trinajstić information content (AvgIpc) is 3.35. The number of nitrogens with zero attached hydrogens (tertiary/aromatic N) is 1. The van der Waals surface area contributed by atoms with E-state index in [0.29, 0.717) is 18.8 Å². The molecule has 0 bridgehead atoms. The molecule has 0 spiro atoms. The maximum atomic E-state index is 6.06. The van der Waals surface area contributed by atoms with Gasteiger partial charge < -0.3 is 24.8 Å². The van der Waals surface area contributed by atoms with Gasteiger partial charge in [0.2, 0.25) is 0 Å². The van der Waals surface area contributed by atoms with Crippen LogP contribution in [0.25, 0.3) is 0 Å². The first-order valence-corrected chi connectivity index (χ1v) is 12.1. The number of rotatable bonds is 11. The molecule has 7 heteroatoms. The zero-order valence-corrected chi connectivity index (χ0v) is 22.1. The molecule has 0 amide bonds. The van der Waals surface area contributed by atoms with Crippen LogP contribution in [0.5, 0.6) is 0 Å². The van der Waals surface area contributed by atoms with Gasteiger partial charge in [-0.05, 0) is 56.1 Å². The van der Waals surface area contributed by atoms with Gasteiger partial charge in [0.15, 0.2) is 5.96 Å². The van der Waals surface area contributed by atoms with Gasteiger partial charge in [-0.1, -0.05) is 37.1 Å². The number of hydrogen-bond donors (Lipinski definition) is 2. The Morgan fingerprint density at radius 2 is 1.88 bits per heavy atom. The lowest BCUT2D eigenvalue weighted by molar-refractivity contribution is -0.0390. The molecule has 1 unspecified atom stereocenters. The third kappa shape index (κ3) is 9.53. The topological polar surface area (TPSA) is 64.1 Å². The van der Waals surface area contributed by atoms with E-state index in [0.717, 1.165) is 64.1 Å². The van der Waals surface area contributed by atoms with Crippen molar-refractivity contribution in [3.8, 4) is 0 Å². The second-order valence-corrected chi connectivity index (χ2v) is 8.62. The fourth-order valence-electron chi connectivity index (χ4n) is 4.62. The van der Waals surface area contributed by atoms with Crippen molar-refractivity contribution in [2.45, 2.75) is 77.2 Å². The summed E-state index contributed by atoms with van der Waals surface area (Å²) in [6, 6.07) is 8.59. The number of ether oxygens (including phenoxy) is 3. The highest BCUT2D eigenvalue weighted by Crippen LogP contribution is 2.30. The maximum Gasteiger partial charge on any atom is 0.191 e. The van der Waals surface area contributed by atoms with Crippen LogP contribution in [0.4, 0.5) is 0 Å². The Kier molecular flexibility index (Phi) is 13.5. The van der Waals surface area contributed by atoms with E-state index >= 15 is 0 Å². The van der Waals surface area contributed by atoms with E-state index in [4.69, 9.17) is 14.2 Å². The molecule has 1 aromatic carbocycles. The van der Waals surface area contributed by atoms with Gasteiger partial charge in [0.05, 0.1) is 18.8 Å². The number of guanidine groups is 1. The van der Waals surface area contributed by atoms with Crippen molar-refractivity contribution in [3.05, 3.63) is 35.4 Å². The largest absolute Gasteiger partial charge is 0.381 e. The maximum absolute atomic E-state index is 6.06. The summed E-state index contributed by atoms with van der Waals surface area (Å²) in [6.07, 6.45) is 9.03. The molecule has 1 saturated heterocycles. The van der Waals surface area contributed by atoms with Crippen LogP contribution in [-0.2, 0) is 27.4 Å². The van der Waals surface area contributed by atoms with E-state index in [-0.39, 0.29) is 24.0 Å². The van der Waals surface area contributed by atoms with Crippen molar-refractivity contribution in [1.29, 1.82) is 0 Å². The standard InChI is InChI=1S/C25H41N3O3.HI/c1-3-30-24(22-9-4-5-10-22)11-14-27-25(26-2)28-18-20-7-6-8-21(17-20)19-31-23-12-15-29-16-13-23;/h6-8,17,22-24H,3-5,9-16,18-19H2,1-2H3,(H2,26,27,28);1H. The van der Waals surface area contributed by atoms with Crippen LogP contribution < -0.4 is 10.6 Å². The van der Waals surface area contributed by atoms with Gasteiger partial charge in [-0.25, -0.2) is 0 Å². The predicted molar refractivity (Wildman–Crippen MR) is 141 cm³/mol. The quantitative estimate of drug-likeness (QED) is 0.235. The number of nitrogens with one attached hydrogen (secondary N) is 2. The SMILES string of the molecule is CCOC(CCNC(=NC)NCc1cccc(COC2CCOCC2)c1)C1CCCC1.I. The van der Waals surface area contributed by atoms with Crippen LogP contribution in [0.1, 0.15) is 63.0 Å². The van der Waals surface area contributed by atoms with E-state index in [1.165, 1.54) is 36.8 Å². The van der Waals surface area contributed by atoms with E-state index in [1.807, 2.05) is 7.05 Å². The van der Waals surface area contributed by atoms with Gasteiger partial charge in [0, 0.05) is 40.0 Å². The summed E-state index contributed by atoms with van der Waals surface area (Å²) in [5.74, 6) is 1.56. The van der Waals surface area contributed by atoms with E-state index in [1.54, 1.807) is 0 Å². The Bertz CT molecular complexity index is 662. The van der Waals surface area contributed by atoms with E-state index in [2.05, 4.69) is 46.8 Å². The van der Waals surface area contributed by atoms with Gasteiger partial charge in [-0.3, -0.25) is 4.99 Å². The molecule has 3 rings (SSSR count). The number of aliphatic imine (C=N–C) groups is 1. The molecule has 0 aromatic heterocycles. The van der Waals surface area contributed by atoms with Gasteiger partial charge in [-0.15, -0.1) is 24.0 Å². The highest BCUT2D eigenvalue weighted by Gasteiger charge is 2.25. The third-order valence-electron chi connectivity index (χ3n) is 6.36. The molecule has 1 saturated carbocycles. The molecule has 1 heterocycles. The fraction of sp³-hybridized carbons (Fsp3) is 0.720.